The molecule has 1 aliphatic heterocycles. The highest BCUT2D eigenvalue weighted by Crippen LogP contribution is 2.39. The van der Waals surface area contributed by atoms with E-state index in [9.17, 15) is 26.4 Å². The number of esters is 1. The molecule has 1 N–H and O–H groups in total. The fraction of sp³-hybridized carbons (Fsp3) is 0.609. The normalized spacial score (nSPS) is 14.2. The first-order valence-electron chi connectivity index (χ1n) is 12.3. The minimum atomic E-state index is -4.92. The lowest BCUT2D eigenvalue weighted by Crippen LogP contribution is -2.31. The number of rotatable bonds is 12. The molecule has 0 fully saturated rings. The van der Waals surface area contributed by atoms with E-state index in [2.05, 4.69) is 32.2 Å². The van der Waals surface area contributed by atoms with E-state index in [1.807, 2.05) is 18.6 Å². The second kappa shape index (κ2) is 12.8. The molecule has 210 valence electrons. The highest BCUT2D eigenvalue weighted by molar-refractivity contribution is 7.92. The maximum Gasteiger partial charge on any atom is 0.404 e. The summed E-state index contributed by atoms with van der Waals surface area (Å²) in [5.74, 6) is -2.56. The largest absolute Gasteiger partial charge is 0.460 e. The lowest BCUT2D eigenvalue weighted by Gasteiger charge is -2.32. The van der Waals surface area contributed by atoms with Gasteiger partial charge in [-0.3, -0.25) is 4.72 Å². The van der Waals surface area contributed by atoms with Crippen LogP contribution in [0, 0.1) is 5.92 Å². The van der Waals surface area contributed by atoms with E-state index in [-0.39, 0.29) is 34.0 Å². The van der Waals surface area contributed by atoms with Gasteiger partial charge in [0.1, 0.15) is 5.69 Å². The number of anilines is 2. The van der Waals surface area contributed by atoms with Gasteiger partial charge >= 0.3 is 12.1 Å². The molecule has 3 rings (SSSR count). The van der Waals surface area contributed by atoms with Gasteiger partial charge in [-0.2, -0.15) is 13.2 Å². The maximum atomic E-state index is 12.9. The molecule has 15 heteroatoms. The zero-order valence-corrected chi connectivity index (χ0v) is 23.0. The Labute approximate surface area is 223 Å². The number of carbonyl (C=O) groups excluding carboxylic acids is 1. The summed E-state index contributed by atoms with van der Waals surface area (Å²) in [5.41, 5.74) is 1.54. The van der Waals surface area contributed by atoms with Crippen molar-refractivity contribution in [1.82, 2.24) is 10.2 Å². The Hall–Kier alpha value is -2.81. The van der Waals surface area contributed by atoms with Gasteiger partial charge in [0.05, 0.1) is 12.3 Å². The number of alkyl halides is 3. The number of azo groups is 1. The quantitative estimate of drug-likeness (QED) is 0.186. The average molecular weight is 577 g/mol. The van der Waals surface area contributed by atoms with E-state index in [4.69, 9.17) is 4.74 Å². The number of fused-ring (bicyclic) bond motifs is 1. The van der Waals surface area contributed by atoms with Gasteiger partial charge in [0.15, 0.2) is 5.75 Å². The molecule has 0 saturated carbocycles. The number of aryl methyl sites for hydroxylation is 1. The Morgan fingerprint density at radius 2 is 2.00 bits per heavy atom. The Balaban J connectivity index is 1.92. The van der Waals surface area contributed by atoms with Crippen molar-refractivity contribution in [2.75, 3.05) is 35.1 Å². The smallest absolute Gasteiger partial charge is 0.404 e. The van der Waals surface area contributed by atoms with E-state index in [1.54, 1.807) is 6.07 Å². The molecule has 0 atom stereocenters. The van der Waals surface area contributed by atoms with Crippen molar-refractivity contribution in [2.24, 2.45) is 16.1 Å². The summed E-state index contributed by atoms with van der Waals surface area (Å²) in [7, 11) is -4.76. The number of benzene rings is 1. The molecule has 38 heavy (non-hydrogen) atoms. The maximum absolute atomic E-state index is 12.9. The van der Waals surface area contributed by atoms with E-state index < -0.39 is 27.9 Å². The number of carbonyl (C=O) groups is 1. The molecule has 1 aliphatic rings. The van der Waals surface area contributed by atoms with E-state index in [0.717, 1.165) is 61.4 Å². The summed E-state index contributed by atoms with van der Waals surface area (Å²) in [6.07, 6.45) is -0.356. The zero-order valence-electron chi connectivity index (χ0n) is 21.4. The van der Waals surface area contributed by atoms with Crippen molar-refractivity contribution >= 4 is 49.5 Å². The predicted molar refractivity (Wildman–Crippen MR) is 139 cm³/mol. The molecule has 0 amide bonds. The van der Waals surface area contributed by atoms with Crippen LogP contribution in [0.1, 0.15) is 61.8 Å². The van der Waals surface area contributed by atoms with Crippen molar-refractivity contribution in [1.29, 1.82) is 0 Å². The number of hydrogen-bond donors (Lipinski definition) is 1. The van der Waals surface area contributed by atoms with Crippen LogP contribution in [0.25, 0.3) is 0 Å². The fourth-order valence-corrected chi connectivity index (χ4v) is 5.36. The minimum absolute atomic E-state index is 0.00417. The molecule has 2 aromatic rings. The highest BCUT2D eigenvalue weighted by atomic mass is 32.2. The van der Waals surface area contributed by atoms with Crippen molar-refractivity contribution in [2.45, 2.75) is 59.1 Å². The lowest BCUT2D eigenvalue weighted by molar-refractivity contribution is -0.106. The number of hydrogen-bond acceptors (Lipinski definition) is 10. The third-order valence-corrected chi connectivity index (χ3v) is 7.47. The number of halogens is 3. The second-order valence-electron chi connectivity index (χ2n) is 9.35. The third-order valence-electron chi connectivity index (χ3n) is 5.44. The molecule has 10 nitrogen and oxygen atoms in total. The Bertz CT molecular complexity index is 1250. The molecule has 1 aromatic carbocycles. The van der Waals surface area contributed by atoms with Crippen molar-refractivity contribution in [3.63, 3.8) is 0 Å². The first-order chi connectivity index (χ1) is 17.9. The van der Waals surface area contributed by atoms with Crippen molar-refractivity contribution < 1.29 is 31.1 Å². The van der Waals surface area contributed by atoms with Gasteiger partial charge in [-0.15, -0.1) is 20.4 Å². The van der Waals surface area contributed by atoms with Gasteiger partial charge in [0.25, 0.3) is 5.13 Å². The first kappa shape index (κ1) is 29.7. The summed E-state index contributed by atoms with van der Waals surface area (Å²) >= 11 is 0.826. The van der Waals surface area contributed by atoms with Crippen LogP contribution in [-0.4, -0.2) is 56.2 Å². The van der Waals surface area contributed by atoms with Crippen LogP contribution in [0.3, 0.4) is 0 Å². The number of ether oxygens (including phenoxy) is 1. The van der Waals surface area contributed by atoms with Crippen LogP contribution in [0.5, 0.6) is 0 Å². The number of sulfonamides is 1. The molecule has 0 aliphatic carbocycles. The predicted octanol–water partition coefficient (Wildman–Crippen LogP) is 6.01. The van der Waals surface area contributed by atoms with Crippen LogP contribution >= 0.6 is 11.3 Å². The monoisotopic (exact) mass is 576 g/mol. The molecular formula is C23H31F3N6O4S2. The number of aromatic nitrogens is 2. The zero-order chi connectivity index (χ0) is 27.9. The standard InChI is InChI=1S/C23H31F3N6O4S2/c1-4-5-6-9-32-10-7-8-16-11-17(18(12-19(16)32)31-38(34,35)14-23(24,25)26)27-29-22-30-28-20(37-22)21(33)36-13-15(2)3/h11-12,15,31H,4-10,13-14H2,1-3H3. The van der Waals surface area contributed by atoms with Crippen LogP contribution in [0.4, 0.5) is 35.4 Å². The lowest BCUT2D eigenvalue weighted by atomic mass is 9.99. The van der Waals surface area contributed by atoms with Gasteiger partial charge in [0.2, 0.25) is 15.0 Å². The van der Waals surface area contributed by atoms with Crippen molar-refractivity contribution in [3.05, 3.63) is 22.7 Å². The van der Waals surface area contributed by atoms with E-state index >= 15 is 0 Å². The molecule has 2 heterocycles. The van der Waals surface area contributed by atoms with Crippen LogP contribution in [0.15, 0.2) is 22.4 Å². The summed E-state index contributed by atoms with van der Waals surface area (Å²) in [6.45, 7) is 7.57. The van der Waals surface area contributed by atoms with Gasteiger partial charge < -0.3 is 9.64 Å². The summed E-state index contributed by atoms with van der Waals surface area (Å²) in [6, 6.07) is 3.13. The van der Waals surface area contributed by atoms with Crippen LogP contribution in [0.2, 0.25) is 0 Å². The number of nitrogens with one attached hydrogen (secondary N) is 1. The summed E-state index contributed by atoms with van der Waals surface area (Å²) in [4.78, 5) is 14.2. The average Bonchev–Trinajstić information content (AvgIpc) is 3.29. The van der Waals surface area contributed by atoms with Crippen LogP contribution in [-0.2, 0) is 21.2 Å². The minimum Gasteiger partial charge on any atom is -0.460 e. The molecule has 0 unspecified atom stereocenters. The highest BCUT2D eigenvalue weighted by Gasteiger charge is 2.35. The van der Waals surface area contributed by atoms with Crippen molar-refractivity contribution in [3.8, 4) is 0 Å². The van der Waals surface area contributed by atoms with Gasteiger partial charge in [0, 0.05) is 18.8 Å². The van der Waals surface area contributed by atoms with E-state index in [0.29, 0.717) is 6.42 Å². The third kappa shape index (κ3) is 8.89. The molecule has 1 aromatic heterocycles. The first-order valence-corrected chi connectivity index (χ1v) is 14.7. The summed E-state index contributed by atoms with van der Waals surface area (Å²) in [5, 5.41) is 15.5. The Kier molecular flexibility index (Phi) is 10.0. The van der Waals surface area contributed by atoms with Gasteiger partial charge in [-0.25, -0.2) is 13.2 Å². The fourth-order valence-electron chi connectivity index (χ4n) is 3.80. The van der Waals surface area contributed by atoms with Gasteiger partial charge in [-0.05, 0) is 42.9 Å². The summed E-state index contributed by atoms with van der Waals surface area (Å²) < 4.78 is 70.4. The Morgan fingerprint density at radius 1 is 1.24 bits per heavy atom. The topological polar surface area (TPSA) is 126 Å². The van der Waals surface area contributed by atoms with E-state index in [1.165, 1.54) is 6.07 Å². The SMILES string of the molecule is CCCCCN1CCCc2cc(N=Nc3nnc(C(=O)OCC(C)C)s3)c(NS(=O)(=O)CC(F)(F)F)cc21. The van der Waals surface area contributed by atoms with Gasteiger partial charge in [-0.1, -0.05) is 44.9 Å². The molecule has 0 radical (unpaired) electrons. The molecular weight excluding hydrogens is 545 g/mol. The molecule has 0 bridgehead atoms. The molecule has 0 spiro atoms. The number of nitrogens with zero attached hydrogens (tertiary/aromatic N) is 5. The number of unbranched alkanes of at least 4 members (excludes halogenated alkanes) is 2. The molecule has 0 saturated heterocycles. The Morgan fingerprint density at radius 3 is 2.68 bits per heavy atom. The second-order valence-corrected chi connectivity index (χ2v) is 12.0. The van der Waals surface area contributed by atoms with Crippen LogP contribution < -0.4 is 9.62 Å².